The zero-order valence-electron chi connectivity index (χ0n) is 48.9. The number of piperidine rings is 2. The van der Waals surface area contributed by atoms with Crippen LogP contribution in [0.15, 0.2) is 30.3 Å². The van der Waals surface area contributed by atoms with Crippen LogP contribution in [0.25, 0.3) is 0 Å². The third-order valence-electron chi connectivity index (χ3n) is 14.9. The molecule has 8 atom stereocenters. The SMILES string of the molecule is CC[C@H](C)[C@H]1C(=O)NC[C@@H](NC(=O)OC(C)(C)C)C(=O)N2CCCC[C@H]2C(=O)NCC(=O)N(C)CC(=O)N(C)[C@@H]([C@@H](C)CC)C(=O)NC[C@@H](NC(=O)OCc2ccccc2)C(=O)N2CCCC[C@H]2C(=O)NCC(=O)N(C)CC(=O)N1C. The molecule has 1 aromatic rings. The Labute approximate surface area is 474 Å². The molecule has 0 spiro atoms. The Morgan fingerprint density at radius 1 is 0.580 bits per heavy atom. The minimum atomic E-state index is -1.50. The van der Waals surface area contributed by atoms with E-state index in [2.05, 4.69) is 31.9 Å². The summed E-state index contributed by atoms with van der Waals surface area (Å²) in [5.41, 5.74) is -0.333. The Bertz CT molecular complexity index is 2420. The van der Waals surface area contributed by atoms with Gasteiger partial charge in [-0.2, -0.15) is 0 Å². The van der Waals surface area contributed by atoms with E-state index in [4.69, 9.17) is 9.47 Å². The highest BCUT2D eigenvalue weighted by molar-refractivity contribution is 5.97. The third-order valence-corrected chi connectivity index (χ3v) is 14.9. The Hall–Kier alpha value is -7.54. The highest BCUT2D eigenvalue weighted by Crippen LogP contribution is 2.22. The minimum absolute atomic E-state index is 0.0701. The zero-order valence-corrected chi connectivity index (χ0v) is 48.9. The molecular weight excluding hydrogens is 1050 g/mol. The zero-order chi connectivity index (χ0) is 60.3. The van der Waals surface area contributed by atoms with Crippen molar-refractivity contribution in [3.8, 4) is 0 Å². The minimum Gasteiger partial charge on any atom is -0.445 e. The van der Waals surface area contributed by atoms with Crippen LogP contribution in [0.2, 0.25) is 0 Å². The first-order chi connectivity index (χ1) is 38.2. The average molecular weight is 1140 g/mol. The fraction of sp³-hybridized carbons (Fsp3) is 0.673. The van der Waals surface area contributed by atoms with Gasteiger partial charge in [0.15, 0.2) is 0 Å². The lowest BCUT2D eigenvalue weighted by Gasteiger charge is -2.38. The predicted molar refractivity (Wildman–Crippen MR) is 295 cm³/mol. The number of ether oxygens (including phenoxy) is 2. The van der Waals surface area contributed by atoms with E-state index in [1.165, 1.54) is 47.8 Å². The van der Waals surface area contributed by atoms with E-state index in [1.807, 2.05) is 0 Å². The topological polar surface area (TPSA) is 315 Å². The lowest BCUT2D eigenvalue weighted by atomic mass is 9.96. The van der Waals surface area contributed by atoms with E-state index in [0.29, 0.717) is 44.1 Å². The first-order valence-electron chi connectivity index (χ1n) is 27.9. The highest BCUT2D eigenvalue weighted by atomic mass is 16.6. The number of rotatable bonds is 8. The molecule has 0 aromatic heterocycles. The van der Waals surface area contributed by atoms with Crippen molar-refractivity contribution in [2.45, 2.75) is 148 Å². The van der Waals surface area contributed by atoms with Crippen LogP contribution < -0.4 is 31.9 Å². The second-order valence-corrected chi connectivity index (χ2v) is 22.1. The number of alkyl carbamates (subject to hydrolysis) is 2. The van der Waals surface area contributed by atoms with E-state index >= 15 is 0 Å². The Kier molecular flexibility index (Phi) is 25.2. The fourth-order valence-electron chi connectivity index (χ4n) is 9.73. The third kappa shape index (κ3) is 19.3. The maximum absolute atomic E-state index is 14.6. The Morgan fingerprint density at radius 2 is 0.988 bits per heavy atom. The largest absolute Gasteiger partial charge is 0.445 e. The maximum Gasteiger partial charge on any atom is 0.408 e. The van der Waals surface area contributed by atoms with E-state index in [-0.39, 0.29) is 32.5 Å². The molecule has 0 bridgehead atoms. The molecule has 3 saturated heterocycles. The molecule has 3 aliphatic heterocycles. The number of likely N-dealkylation sites (N-methyl/N-ethyl adjacent to an activating group) is 4. The molecule has 26 heteroatoms. The smallest absolute Gasteiger partial charge is 0.408 e. The standard InChI is InChI=1S/C55H86N12O14/c1-12-34(3)45-49(74)56-27-37(60-53(78)80-33-36-21-15-14-16-22-36)51(76)66-25-19-17-23-39(66)47(72)58-29-41(68)63(9)32-44(71)65(11)46(35(4)13-2)50(75)57-28-38(61-54(79)81-55(5,6)7)52(77)67-26-20-18-24-40(67)48(73)59-30-42(69)62(8)31-43(70)64(45)10/h14-16,21-22,34-35,37-40,45-46H,12-13,17-20,23-33H2,1-11H3,(H,56,74)(H,57,75)(H,58,72)(H,59,73)(H,60,78)(H,61,79)/t34-,35-,37+,38+,39-,40-,45-,46-/m0/s1. The van der Waals surface area contributed by atoms with E-state index < -0.39 is 164 Å². The summed E-state index contributed by atoms with van der Waals surface area (Å²) in [6.07, 6.45) is 1.21. The van der Waals surface area contributed by atoms with Gasteiger partial charge in [-0.05, 0) is 76.7 Å². The summed E-state index contributed by atoms with van der Waals surface area (Å²) < 4.78 is 10.9. The summed E-state index contributed by atoms with van der Waals surface area (Å²) >= 11 is 0. The number of nitrogens with one attached hydrogen (secondary N) is 6. The van der Waals surface area contributed by atoms with Gasteiger partial charge in [-0.15, -0.1) is 0 Å². The Morgan fingerprint density at radius 3 is 1.38 bits per heavy atom. The number of hydrogen-bond acceptors (Lipinski definition) is 14. The molecule has 81 heavy (non-hydrogen) atoms. The van der Waals surface area contributed by atoms with Crippen LogP contribution in [-0.2, 0) is 64.0 Å². The van der Waals surface area contributed by atoms with Gasteiger partial charge in [-0.3, -0.25) is 47.9 Å². The predicted octanol–water partition coefficient (Wildman–Crippen LogP) is 0.0783. The van der Waals surface area contributed by atoms with Crippen LogP contribution in [-0.4, -0.2) is 223 Å². The van der Waals surface area contributed by atoms with Crippen molar-refractivity contribution in [3.63, 3.8) is 0 Å². The number of carbonyl (C=O) groups excluding carboxylic acids is 12. The van der Waals surface area contributed by atoms with Crippen LogP contribution in [0.3, 0.4) is 0 Å². The van der Waals surface area contributed by atoms with E-state index in [1.54, 1.807) is 78.8 Å². The molecule has 0 saturated carbocycles. The molecule has 12 amide bonds. The monoisotopic (exact) mass is 1140 g/mol. The maximum atomic E-state index is 14.6. The number of fused-ring (bicyclic) bond motifs is 2. The second-order valence-electron chi connectivity index (χ2n) is 22.1. The van der Waals surface area contributed by atoms with Crippen molar-refractivity contribution in [1.29, 1.82) is 0 Å². The van der Waals surface area contributed by atoms with Gasteiger partial charge >= 0.3 is 12.2 Å². The van der Waals surface area contributed by atoms with Crippen LogP contribution >= 0.6 is 0 Å². The summed E-state index contributed by atoms with van der Waals surface area (Å²) in [4.78, 5) is 174. The summed E-state index contributed by atoms with van der Waals surface area (Å²) in [7, 11) is 5.45. The summed E-state index contributed by atoms with van der Waals surface area (Å²) in [5.74, 6) is -7.89. The second kappa shape index (κ2) is 30.9. The van der Waals surface area contributed by atoms with Crippen LogP contribution in [0.1, 0.15) is 105 Å². The Balaban J connectivity index is 1.70. The van der Waals surface area contributed by atoms with Gasteiger partial charge in [0.25, 0.3) is 0 Å². The van der Waals surface area contributed by atoms with Crippen LogP contribution in [0, 0.1) is 11.8 Å². The molecule has 450 valence electrons. The van der Waals surface area contributed by atoms with Gasteiger partial charge < -0.3 is 70.8 Å². The number of carbonyl (C=O) groups is 12. The molecule has 26 nitrogen and oxygen atoms in total. The summed E-state index contributed by atoms with van der Waals surface area (Å²) in [6, 6.07) is 1.24. The van der Waals surface area contributed by atoms with E-state index in [0.717, 1.165) is 9.80 Å². The molecule has 3 fully saturated rings. The van der Waals surface area contributed by atoms with Crippen molar-refractivity contribution >= 4 is 71.3 Å². The summed E-state index contributed by atoms with van der Waals surface area (Å²) in [5, 5.41) is 15.7. The van der Waals surface area contributed by atoms with Crippen molar-refractivity contribution in [3.05, 3.63) is 35.9 Å². The number of hydrogen-bond donors (Lipinski definition) is 6. The first kappa shape index (κ1) is 66.0. The molecule has 4 rings (SSSR count). The quantitative estimate of drug-likeness (QED) is 0.201. The van der Waals surface area contributed by atoms with Gasteiger partial charge in [-0.25, -0.2) is 9.59 Å². The van der Waals surface area contributed by atoms with Gasteiger partial charge in [0.05, 0.1) is 26.2 Å². The molecular formula is C55H86N12O14. The van der Waals surface area contributed by atoms with Gasteiger partial charge in [0.1, 0.15) is 48.5 Å². The van der Waals surface area contributed by atoms with Crippen molar-refractivity contribution in [2.24, 2.45) is 11.8 Å². The molecule has 6 N–H and O–H groups in total. The molecule has 3 aliphatic rings. The van der Waals surface area contributed by atoms with Crippen molar-refractivity contribution in [1.82, 2.24) is 61.3 Å². The number of nitrogens with zero attached hydrogens (tertiary/aromatic N) is 6. The first-order valence-corrected chi connectivity index (χ1v) is 27.9. The van der Waals surface area contributed by atoms with Gasteiger partial charge in [0, 0.05) is 54.4 Å². The van der Waals surface area contributed by atoms with Crippen molar-refractivity contribution in [2.75, 3.05) is 80.5 Å². The van der Waals surface area contributed by atoms with Crippen LogP contribution in [0.5, 0.6) is 0 Å². The molecule has 0 radical (unpaired) electrons. The van der Waals surface area contributed by atoms with Gasteiger partial charge in [0.2, 0.25) is 59.1 Å². The lowest BCUT2D eigenvalue weighted by Crippen LogP contribution is -2.61. The highest BCUT2D eigenvalue weighted by Gasteiger charge is 2.41. The van der Waals surface area contributed by atoms with Crippen molar-refractivity contribution < 1.29 is 67.0 Å². The van der Waals surface area contributed by atoms with Gasteiger partial charge in [-0.1, -0.05) is 70.9 Å². The molecule has 3 heterocycles. The number of benzene rings is 1. The normalized spacial score (nSPS) is 24.7. The summed E-state index contributed by atoms with van der Waals surface area (Å²) in [6.45, 7) is 8.71. The fourth-order valence-corrected chi connectivity index (χ4v) is 9.73. The average Bonchev–Trinajstić information content (AvgIpc) is 3.45. The lowest BCUT2D eigenvalue weighted by molar-refractivity contribution is -0.146. The van der Waals surface area contributed by atoms with E-state index in [9.17, 15) is 57.5 Å². The number of amides is 12. The molecule has 1 aromatic carbocycles. The molecule has 0 unspecified atom stereocenters. The molecule has 0 aliphatic carbocycles. The van der Waals surface area contributed by atoms with Crippen LogP contribution in [0.4, 0.5) is 9.59 Å².